The van der Waals surface area contributed by atoms with E-state index in [1.807, 2.05) is 13.8 Å². The minimum absolute atomic E-state index is 0.0931. The molecule has 1 heterocycles. The number of hydrogen-bond acceptors (Lipinski definition) is 7. The van der Waals surface area contributed by atoms with Gasteiger partial charge in [0.15, 0.2) is 0 Å². The molecule has 0 amide bonds. The number of aliphatic hydroxyl groups excluding tert-OH is 2. The standard InChI is InChI=1S/C28H32FN3O6S/c1-17(2)26-23(14-13-21(33)15-22(34)16-25(35)36)27(19-9-11-20(29)12-10-19)31-28(30-26)32(39(4,37)38)24-8-6-5-7-18(24)3/h5-14,17,21-22,33-34H,15-16H2,1-4H3,(H,35,36)/t21-,22-/m1/s1. The SMILES string of the molecule is Cc1ccccc1N(c1nc(-c2ccc(F)cc2)c(C=C[C@@H](O)C[C@@H](O)CC(=O)O)c(C(C)C)n1)S(C)(=O)=O. The first-order chi connectivity index (χ1) is 18.3. The number of rotatable bonds is 11. The monoisotopic (exact) mass is 557 g/mol. The summed E-state index contributed by atoms with van der Waals surface area (Å²) in [4.78, 5) is 20.1. The van der Waals surface area contributed by atoms with Gasteiger partial charge in [-0.2, -0.15) is 0 Å². The zero-order valence-electron chi connectivity index (χ0n) is 22.1. The van der Waals surface area contributed by atoms with Gasteiger partial charge in [-0.15, -0.1) is 0 Å². The number of aliphatic carboxylic acids is 1. The largest absolute Gasteiger partial charge is 0.481 e. The van der Waals surface area contributed by atoms with Crippen LogP contribution in [0.3, 0.4) is 0 Å². The number of halogens is 1. The molecule has 3 N–H and O–H groups in total. The van der Waals surface area contributed by atoms with Crippen LogP contribution in [0.5, 0.6) is 0 Å². The molecular formula is C28H32FN3O6S. The highest BCUT2D eigenvalue weighted by atomic mass is 32.2. The van der Waals surface area contributed by atoms with Crippen LogP contribution in [0.1, 0.15) is 49.4 Å². The van der Waals surface area contributed by atoms with E-state index in [1.54, 1.807) is 37.3 Å². The average Bonchev–Trinajstić information content (AvgIpc) is 2.83. The summed E-state index contributed by atoms with van der Waals surface area (Å²) in [7, 11) is -3.89. The number of aromatic nitrogens is 2. The van der Waals surface area contributed by atoms with E-state index < -0.39 is 40.4 Å². The van der Waals surface area contributed by atoms with Crippen molar-refractivity contribution < 1.29 is 32.9 Å². The summed E-state index contributed by atoms with van der Waals surface area (Å²) in [6.45, 7) is 5.50. The van der Waals surface area contributed by atoms with Gasteiger partial charge in [0, 0.05) is 17.5 Å². The summed E-state index contributed by atoms with van der Waals surface area (Å²) in [6, 6.07) is 12.5. The van der Waals surface area contributed by atoms with Crippen LogP contribution in [0.4, 0.5) is 16.0 Å². The number of benzene rings is 2. The highest BCUT2D eigenvalue weighted by Crippen LogP contribution is 2.35. The van der Waals surface area contributed by atoms with Crippen LogP contribution >= 0.6 is 0 Å². The molecule has 1 aromatic heterocycles. The number of sulfonamides is 1. The van der Waals surface area contributed by atoms with Crippen molar-refractivity contribution in [2.75, 3.05) is 10.6 Å². The van der Waals surface area contributed by atoms with E-state index in [2.05, 4.69) is 9.97 Å². The van der Waals surface area contributed by atoms with Gasteiger partial charge < -0.3 is 15.3 Å². The second-order valence-electron chi connectivity index (χ2n) is 9.56. The van der Waals surface area contributed by atoms with Gasteiger partial charge >= 0.3 is 5.97 Å². The molecule has 2 aromatic carbocycles. The number of aliphatic hydroxyl groups is 2. The molecule has 39 heavy (non-hydrogen) atoms. The first kappa shape index (κ1) is 29.9. The molecule has 11 heteroatoms. The van der Waals surface area contributed by atoms with Gasteiger partial charge in [0.2, 0.25) is 16.0 Å². The van der Waals surface area contributed by atoms with Crippen molar-refractivity contribution in [2.45, 2.75) is 51.7 Å². The molecule has 0 fully saturated rings. The molecule has 3 aromatic rings. The maximum Gasteiger partial charge on any atom is 0.305 e. The van der Waals surface area contributed by atoms with Crippen LogP contribution in [0, 0.1) is 12.7 Å². The maximum absolute atomic E-state index is 13.8. The summed E-state index contributed by atoms with van der Waals surface area (Å²) in [5.41, 5.74) is 2.79. The van der Waals surface area contributed by atoms with E-state index in [1.165, 1.54) is 30.3 Å². The zero-order valence-corrected chi connectivity index (χ0v) is 22.9. The molecule has 0 saturated carbocycles. The van der Waals surface area contributed by atoms with Crippen LogP contribution in [-0.2, 0) is 14.8 Å². The molecular weight excluding hydrogens is 525 g/mol. The highest BCUT2D eigenvalue weighted by Gasteiger charge is 2.27. The third-order valence-corrected chi connectivity index (χ3v) is 6.91. The second-order valence-corrected chi connectivity index (χ2v) is 11.4. The Morgan fingerprint density at radius 3 is 2.28 bits per heavy atom. The van der Waals surface area contributed by atoms with Gasteiger partial charge in [-0.25, -0.2) is 27.1 Å². The summed E-state index contributed by atoms with van der Waals surface area (Å²) >= 11 is 0. The Morgan fingerprint density at radius 2 is 1.72 bits per heavy atom. The third-order valence-electron chi connectivity index (χ3n) is 5.88. The van der Waals surface area contributed by atoms with Crippen LogP contribution in [0.2, 0.25) is 0 Å². The van der Waals surface area contributed by atoms with Crippen molar-refractivity contribution in [2.24, 2.45) is 0 Å². The van der Waals surface area contributed by atoms with Gasteiger partial charge in [-0.3, -0.25) is 4.79 Å². The fraction of sp³-hybridized carbons (Fsp3) is 0.321. The summed E-state index contributed by atoms with van der Waals surface area (Å²) < 4.78 is 40.9. The zero-order chi connectivity index (χ0) is 28.9. The maximum atomic E-state index is 13.8. The molecule has 0 saturated heterocycles. The molecule has 0 aliphatic carbocycles. The lowest BCUT2D eigenvalue weighted by atomic mass is 9.97. The van der Waals surface area contributed by atoms with Crippen molar-refractivity contribution in [3.63, 3.8) is 0 Å². The predicted octanol–water partition coefficient (Wildman–Crippen LogP) is 4.41. The van der Waals surface area contributed by atoms with Crippen molar-refractivity contribution in [1.82, 2.24) is 9.97 Å². The summed E-state index contributed by atoms with van der Waals surface area (Å²) in [6.07, 6.45) is 0.842. The predicted molar refractivity (Wildman–Crippen MR) is 148 cm³/mol. The quantitative estimate of drug-likeness (QED) is 0.315. The lowest BCUT2D eigenvalue weighted by Gasteiger charge is -2.25. The summed E-state index contributed by atoms with van der Waals surface area (Å²) in [5.74, 6) is -1.97. The number of anilines is 2. The van der Waals surface area contributed by atoms with Gasteiger partial charge in [0.05, 0.1) is 42.0 Å². The molecule has 0 aliphatic rings. The highest BCUT2D eigenvalue weighted by molar-refractivity contribution is 7.92. The van der Waals surface area contributed by atoms with E-state index in [-0.39, 0.29) is 18.3 Å². The Morgan fingerprint density at radius 1 is 1.08 bits per heavy atom. The minimum Gasteiger partial charge on any atom is -0.481 e. The average molecular weight is 558 g/mol. The first-order valence-corrected chi connectivity index (χ1v) is 14.1. The van der Waals surface area contributed by atoms with Gasteiger partial charge in [-0.1, -0.05) is 44.2 Å². The molecule has 0 aliphatic heterocycles. The molecule has 3 rings (SSSR count). The smallest absolute Gasteiger partial charge is 0.305 e. The molecule has 208 valence electrons. The minimum atomic E-state index is -3.89. The molecule has 0 bridgehead atoms. The molecule has 0 spiro atoms. The molecule has 0 radical (unpaired) electrons. The Bertz CT molecular complexity index is 1460. The number of carbonyl (C=O) groups is 1. The van der Waals surface area contributed by atoms with Crippen LogP contribution in [0.25, 0.3) is 17.3 Å². The fourth-order valence-electron chi connectivity index (χ4n) is 4.07. The molecule has 9 nitrogen and oxygen atoms in total. The van der Waals surface area contributed by atoms with Crippen molar-refractivity contribution in [3.05, 3.63) is 77.2 Å². The lowest BCUT2D eigenvalue weighted by Crippen LogP contribution is -2.28. The van der Waals surface area contributed by atoms with Gasteiger partial charge in [0.1, 0.15) is 5.82 Å². The summed E-state index contributed by atoms with van der Waals surface area (Å²) in [5, 5.41) is 29.2. The first-order valence-electron chi connectivity index (χ1n) is 12.3. The van der Waals surface area contributed by atoms with Crippen LogP contribution < -0.4 is 4.31 Å². The Hall–Kier alpha value is -3.67. The van der Waals surface area contributed by atoms with Crippen LogP contribution in [-0.4, -0.2) is 58.1 Å². The number of carboxylic acids is 1. The van der Waals surface area contributed by atoms with Crippen molar-refractivity contribution in [1.29, 1.82) is 0 Å². The van der Waals surface area contributed by atoms with E-state index in [9.17, 15) is 27.8 Å². The number of nitrogens with zero attached hydrogens (tertiary/aromatic N) is 3. The Kier molecular flexibility index (Phi) is 9.54. The molecule has 2 atom stereocenters. The normalized spacial score (nSPS) is 13.5. The van der Waals surface area contributed by atoms with Crippen molar-refractivity contribution >= 4 is 33.7 Å². The van der Waals surface area contributed by atoms with Gasteiger partial charge in [0.25, 0.3) is 0 Å². The number of aryl methyl sites for hydroxylation is 1. The van der Waals surface area contributed by atoms with E-state index >= 15 is 0 Å². The second kappa shape index (κ2) is 12.5. The van der Waals surface area contributed by atoms with E-state index in [4.69, 9.17) is 5.11 Å². The molecule has 0 unspecified atom stereocenters. The fourth-order valence-corrected chi connectivity index (χ4v) is 5.01. The Balaban J connectivity index is 2.24. The topological polar surface area (TPSA) is 141 Å². The lowest BCUT2D eigenvalue weighted by molar-refractivity contribution is -0.139. The van der Waals surface area contributed by atoms with Crippen molar-refractivity contribution in [3.8, 4) is 11.3 Å². The van der Waals surface area contributed by atoms with Gasteiger partial charge in [-0.05, 0) is 48.7 Å². The number of hydrogen-bond donors (Lipinski definition) is 3. The van der Waals surface area contributed by atoms with Crippen LogP contribution in [0.15, 0.2) is 54.6 Å². The van der Waals surface area contributed by atoms with E-state index in [0.29, 0.717) is 33.8 Å². The number of carboxylic acid groups (broad SMARTS) is 1. The number of para-hydroxylation sites is 1. The Labute approximate surface area is 227 Å². The van der Waals surface area contributed by atoms with E-state index in [0.717, 1.165) is 10.6 Å². The third kappa shape index (κ3) is 7.69.